The topological polar surface area (TPSA) is 64.6 Å². The number of rotatable bonds is 9. The highest BCUT2D eigenvalue weighted by atomic mass is 32.1. The number of hydrogen-bond acceptors (Lipinski definition) is 5. The number of thiophene rings is 1. The summed E-state index contributed by atoms with van der Waals surface area (Å²) in [6.07, 6.45) is 9.88. The van der Waals surface area contributed by atoms with Crippen molar-refractivity contribution in [2.75, 3.05) is 19.0 Å². The Morgan fingerprint density at radius 2 is 1.83 bits per heavy atom. The molecule has 1 amide bonds. The quantitative estimate of drug-likeness (QED) is 0.201. The summed E-state index contributed by atoms with van der Waals surface area (Å²) in [4.78, 5) is 25.3. The van der Waals surface area contributed by atoms with Crippen LogP contribution in [0.15, 0.2) is 53.9 Å². The lowest BCUT2D eigenvalue weighted by Crippen LogP contribution is -2.11. The van der Waals surface area contributed by atoms with Crippen LogP contribution in [0.2, 0.25) is 0 Å². The molecule has 0 fully saturated rings. The minimum Gasteiger partial charge on any atom is -0.494 e. The summed E-state index contributed by atoms with van der Waals surface area (Å²) in [5.74, 6) is 0.0465. The first kappa shape index (κ1) is 24.7. The van der Waals surface area contributed by atoms with E-state index >= 15 is 0 Å². The van der Waals surface area contributed by atoms with Gasteiger partial charge in [0.15, 0.2) is 0 Å². The standard InChI is InChI=1S/C29H31NO4S/c1-3-4-17-34-24-14-9-20(10-15-24)11-16-26(31)30-28-27(29(32)33-2)25(19-35-28)23-13-12-21-7-5-6-8-22(21)18-23/h9-16,18-19H,3-8,17H2,1-2H3,(H,30,31)/b16-11+. The third kappa shape index (κ3) is 6.20. The van der Waals surface area contributed by atoms with Gasteiger partial charge in [-0.05, 0) is 72.6 Å². The van der Waals surface area contributed by atoms with E-state index in [1.807, 2.05) is 29.6 Å². The van der Waals surface area contributed by atoms with Crippen molar-refractivity contribution in [3.8, 4) is 16.9 Å². The van der Waals surface area contributed by atoms with E-state index in [1.165, 1.54) is 48.5 Å². The van der Waals surface area contributed by atoms with Gasteiger partial charge in [0.05, 0.1) is 13.7 Å². The number of nitrogens with one attached hydrogen (secondary N) is 1. The van der Waals surface area contributed by atoms with Gasteiger partial charge in [-0.3, -0.25) is 4.79 Å². The number of unbranched alkanes of at least 4 members (excludes halogenated alkanes) is 1. The minimum atomic E-state index is -0.461. The van der Waals surface area contributed by atoms with Crippen molar-refractivity contribution in [2.45, 2.75) is 45.4 Å². The van der Waals surface area contributed by atoms with E-state index in [0.717, 1.165) is 48.1 Å². The molecule has 4 rings (SSSR count). The maximum absolute atomic E-state index is 12.7. The highest BCUT2D eigenvalue weighted by Gasteiger charge is 2.23. The van der Waals surface area contributed by atoms with Crippen LogP contribution in [0.3, 0.4) is 0 Å². The molecule has 0 aliphatic heterocycles. The molecular weight excluding hydrogens is 458 g/mol. The molecule has 0 spiro atoms. The Kier molecular flexibility index (Phi) is 8.37. The molecular formula is C29H31NO4S. The lowest BCUT2D eigenvalue weighted by molar-refractivity contribution is -0.111. The van der Waals surface area contributed by atoms with Crippen LogP contribution >= 0.6 is 11.3 Å². The number of carbonyl (C=O) groups is 2. The van der Waals surface area contributed by atoms with Crippen LogP contribution in [0, 0.1) is 0 Å². The predicted octanol–water partition coefficient (Wildman–Crippen LogP) is 6.91. The SMILES string of the molecule is CCCCOc1ccc(/C=C/C(=O)Nc2scc(-c3ccc4c(c3)CCCC4)c2C(=O)OC)cc1. The normalized spacial score (nSPS) is 12.9. The fourth-order valence-corrected chi connectivity index (χ4v) is 5.16. The molecule has 35 heavy (non-hydrogen) atoms. The number of benzene rings is 2. The zero-order chi connectivity index (χ0) is 24.6. The number of amides is 1. The Morgan fingerprint density at radius 3 is 2.57 bits per heavy atom. The van der Waals surface area contributed by atoms with Crippen LogP contribution in [0.5, 0.6) is 5.75 Å². The summed E-state index contributed by atoms with van der Waals surface area (Å²) >= 11 is 1.33. The van der Waals surface area contributed by atoms with Crippen molar-refractivity contribution in [2.24, 2.45) is 0 Å². The molecule has 2 aromatic carbocycles. The zero-order valence-electron chi connectivity index (χ0n) is 20.3. The summed E-state index contributed by atoms with van der Waals surface area (Å²) in [7, 11) is 1.36. The van der Waals surface area contributed by atoms with E-state index in [9.17, 15) is 9.59 Å². The van der Waals surface area contributed by atoms with Gasteiger partial charge in [0.1, 0.15) is 16.3 Å². The predicted molar refractivity (Wildman–Crippen MR) is 142 cm³/mol. The molecule has 0 saturated heterocycles. The summed E-state index contributed by atoms with van der Waals surface area (Å²) in [6, 6.07) is 14.0. The largest absolute Gasteiger partial charge is 0.494 e. The number of aryl methyl sites for hydroxylation is 2. The van der Waals surface area contributed by atoms with E-state index in [-0.39, 0.29) is 5.91 Å². The molecule has 1 N–H and O–H groups in total. The van der Waals surface area contributed by atoms with Crippen LogP contribution in [0.4, 0.5) is 5.00 Å². The van der Waals surface area contributed by atoms with Crippen molar-refractivity contribution >= 4 is 34.3 Å². The zero-order valence-corrected chi connectivity index (χ0v) is 21.1. The average molecular weight is 490 g/mol. The molecule has 182 valence electrons. The number of anilines is 1. The molecule has 3 aromatic rings. The van der Waals surface area contributed by atoms with Gasteiger partial charge in [0.25, 0.3) is 0 Å². The molecule has 0 atom stereocenters. The van der Waals surface area contributed by atoms with Gasteiger partial charge >= 0.3 is 5.97 Å². The molecule has 0 saturated carbocycles. The smallest absolute Gasteiger partial charge is 0.341 e. The second kappa shape index (κ2) is 11.8. The van der Waals surface area contributed by atoms with Gasteiger partial charge in [-0.25, -0.2) is 4.79 Å². The summed E-state index contributed by atoms with van der Waals surface area (Å²) in [5.41, 5.74) is 5.76. The molecule has 0 radical (unpaired) electrons. The van der Waals surface area contributed by atoms with Gasteiger partial charge < -0.3 is 14.8 Å². The maximum Gasteiger partial charge on any atom is 0.341 e. The Bertz CT molecular complexity index is 1210. The van der Waals surface area contributed by atoms with Crippen molar-refractivity contribution in [1.29, 1.82) is 0 Å². The lowest BCUT2D eigenvalue weighted by Gasteiger charge is -2.16. The van der Waals surface area contributed by atoms with Gasteiger partial charge in [0, 0.05) is 17.0 Å². The fraction of sp³-hybridized carbons (Fsp3) is 0.310. The highest BCUT2D eigenvalue weighted by Crippen LogP contribution is 2.37. The Hall–Kier alpha value is -3.38. The van der Waals surface area contributed by atoms with Gasteiger partial charge in [0.2, 0.25) is 5.91 Å². The summed E-state index contributed by atoms with van der Waals surface area (Å²) in [6.45, 7) is 2.83. The maximum atomic E-state index is 12.7. The van der Waals surface area contributed by atoms with Crippen LogP contribution < -0.4 is 10.1 Å². The monoisotopic (exact) mass is 489 g/mol. The second-order valence-corrected chi connectivity index (χ2v) is 9.51. The van der Waals surface area contributed by atoms with E-state index in [1.54, 1.807) is 6.08 Å². The third-order valence-electron chi connectivity index (χ3n) is 6.15. The number of ether oxygens (including phenoxy) is 2. The fourth-order valence-electron chi connectivity index (χ4n) is 4.20. The van der Waals surface area contributed by atoms with Crippen LogP contribution in [0.1, 0.15) is 59.7 Å². The van der Waals surface area contributed by atoms with E-state index in [4.69, 9.17) is 9.47 Å². The molecule has 5 nitrogen and oxygen atoms in total. The van der Waals surface area contributed by atoms with Crippen LogP contribution in [0.25, 0.3) is 17.2 Å². The van der Waals surface area contributed by atoms with Gasteiger partial charge in [-0.15, -0.1) is 11.3 Å². The van der Waals surface area contributed by atoms with E-state index in [0.29, 0.717) is 17.2 Å². The molecule has 0 unspecified atom stereocenters. The number of hydrogen-bond donors (Lipinski definition) is 1. The van der Waals surface area contributed by atoms with E-state index in [2.05, 4.69) is 30.4 Å². The summed E-state index contributed by atoms with van der Waals surface area (Å²) < 4.78 is 10.7. The van der Waals surface area contributed by atoms with Gasteiger partial charge in [-0.2, -0.15) is 0 Å². The molecule has 1 heterocycles. The van der Waals surface area contributed by atoms with Crippen molar-refractivity contribution in [1.82, 2.24) is 0 Å². The lowest BCUT2D eigenvalue weighted by atomic mass is 9.89. The third-order valence-corrected chi connectivity index (χ3v) is 7.05. The first-order valence-electron chi connectivity index (χ1n) is 12.1. The molecule has 1 aliphatic carbocycles. The Morgan fingerprint density at radius 1 is 1.06 bits per heavy atom. The van der Waals surface area contributed by atoms with Crippen LogP contribution in [-0.2, 0) is 22.4 Å². The molecule has 6 heteroatoms. The second-order valence-electron chi connectivity index (χ2n) is 8.63. The number of fused-ring (bicyclic) bond motifs is 1. The van der Waals surface area contributed by atoms with Crippen molar-refractivity contribution < 1.29 is 19.1 Å². The number of carbonyl (C=O) groups excluding carboxylic acids is 2. The first-order valence-corrected chi connectivity index (χ1v) is 13.0. The molecule has 1 aliphatic rings. The average Bonchev–Trinajstić information content (AvgIpc) is 3.31. The minimum absolute atomic E-state index is 0.308. The Labute approximate surface area is 210 Å². The number of esters is 1. The Balaban J connectivity index is 1.48. The highest BCUT2D eigenvalue weighted by molar-refractivity contribution is 7.15. The van der Waals surface area contributed by atoms with Crippen LogP contribution in [-0.4, -0.2) is 25.6 Å². The summed E-state index contributed by atoms with van der Waals surface area (Å²) in [5, 5.41) is 5.26. The van der Waals surface area contributed by atoms with Gasteiger partial charge in [-0.1, -0.05) is 43.7 Å². The number of methoxy groups -OCH3 is 1. The molecule has 1 aromatic heterocycles. The van der Waals surface area contributed by atoms with Crippen molar-refractivity contribution in [3.05, 3.63) is 76.2 Å². The first-order chi connectivity index (χ1) is 17.1. The van der Waals surface area contributed by atoms with Crippen molar-refractivity contribution in [3.63, 3.8) is 0 Å². The van der Waals surface area contributed by atoms with E-state index < -0.39 is 5.97 Å². The molecule has 0 bridgehead atoms.